The van der Waals surface area contributed by atoms with E-state index in [1.165, 1.54) is 0 Å². The third-order valence-electron chi connectivity index (χ3n) is 6.02. The van der Waals surface area contributed by atoms with Gasteiger partial charge in [0.1, 0.15) is 19.0 Å². The summed E-state index contributed by atoms with van der Waals surface area (Å²) in [6.45, 7) is 7.75. The molecular formula is C25H28N2O5. The topological polar surface area (TPSA) is 79.3 Å². The van der Waals surface area contributed by atoms with Crippen molar-refractivity contribution in [1.82, 2.24) is 9.80 Å². The molecule has 2 aromatic rings. The Morgan fingerprint density at radius 1 is 1.03 bits per heavy atom. The smallest absolute Gasteiger partial charge is 0.295 e. The van der Waals surface area contributed by atoms with Gasteiger partial charge >= 0.3 is 0 Å². The number of nitrogens with zero attached hydrogens (tertiary/aromatic N) is 2. The van der Waals surface area contributed by atoms with Crippen LogP contribution in [-0.4, -0.2) is 66.0 Å². The van der Waals surface area contributed by atoms with Gasteiger partial charge in [0.15, 0.2) is 11.5 Å². The number of likely N-dealkylation sites (tertiary alicyclic amines) is 1. The van der Waals surface area contributed by atoms with Crippen LogP contribution >= 0.6 is 0 Å². The van der Waals surface area contributed by atoms with Gasteiger partial charge < -0.3 is 24.4 Å². The number of ketones is 1. The maximum Gasteiger partial charge on any atom is 0.295 e. The number of fused-ring (bicyclic) bond motifs is 1. The maximum absolute atomic E-state index is 13.1. The summed E-state index contributed by atoms with van der Waals surface area (Å²) in [6, 6.07) is 13.7. The van der Waals surface area contributed by atoms with E-state index in [2.05, 4.69) is 18.7 Å². The molecule has 0 bridgehead atoms. The van der Waals surface area contributed by atoms with Crippen molar-refractivity contribution in [2.45, 2.75) is 19.9 Å². The number of ether oxygens (including phenoxy) is 2. The second kappa shape index (κ2) is 9.44. The van der Waals surface area contributed by atoms with Gasteiger partial charge in [0.05, 0.1) is 11.6 Å². The molecule has 0 spiro atoms. The molecule has 168 valence electrons. The Kier molecular flexibility index (Phi) is 6.46. The summed E-state index contributed by atoms with van der Waals surface area (Å²) in [7, 11) is 0. The Bertz CT molecular complexity index is 1030. The number of amides is 1. The zero-order valence-corrected chi connectivity index (χ0v) is 18.4. The Morgan fingerprint density at radius 3 is 2.41 bits per heavy atom. The number of Topliss-reactive ketones (excluding diaryl/α,β-unsaturated/α-hetero) is 1. The van der Waals surface area contributed by atoms with E-state index >= 15 is 0 Å². The van der Waals surface area contributed by atoms with E-state index in [4.69, 9.17) is 9.47 Å². The molecule has 1 fully saturated rings. The van der Waals surface area contributed by atoms with Crippen molar-refractivity contribution < 1.29 is 24.2 Å². The van der Waals surface area contributed by atoms with Crippen LogP contribution in [0.25, 0.3) is 5.76 Å². The fourth-order valence-corrected chi connectivity index (χ4v) is 4.23. The molecule has 4 rings (SSSR count). The fraction of sp³-hybridized carbons (Fsp3) is 0.360. The lowest BCUT2D eigenvalue weighted by molar-refractivity contribution is -0.140. The second-order valence-corrected chi connectivity index (χ2v) is 7.79. The quantitative estimate of drug-likeness (QED) is 0.408. The average Bonchev–Trinajstić information content (AvgIpc) is 3.09. The van der Waals surface area contributed by atoms with E-state index in [1.54, 1.807) is 23.1 Å². The first kappa shape index (κ1) is 21.9. The minimum Gasteiger partial charge on any atom is -0.507 e. The minimum atomic E-state index is -0.675. The minimum absolute atomic E-state index is 0.0948. The molecule has 0 radical (unpaired) electrons. The summed E-state index contributed by atoms with van der Waals surface area (Å²) >= 11 is 0. The van der Waals surface area contributed by atoms with E-state index in [0.29, 0.717) is 43.4 Å². The van der Waals surface area contributed by atoms with Crippen molar-refractivity contribution >= 4 is 17.4 Å². The third-order valence-corrected chi connectivity index (χ3v) is 6.02. The van der Waals surface area contributed by atoms with Crippen LogP contribution in [0.15, 0.2) is 54.1 Å². The van der Waals surface area contributed by atoms with E-state index < -0.39 is 17.7 Å². The number of benzene rings is 2. The Labute approximate surface area is 187 Å². The Morgan fingerprint density at radius 2 is 1.72 bits per heavy atom. The van der Waals surface area contributed by atoms with Gasteiger partial charge in [-0.1, -0.05) is 44.2 Å². The van der Waals surface area contributed by atoms with Crippen LogP contribution in [-0.2, 0) is 9.59 Å². The number of carbonyl (C=O) groups is 2. The number of rotatable bonds is 7. The molecule has 7 heteroatoms. The van der Waals surface area contributed by atoms with Gasteiger partial charge in [0.25, 0.3) is 11.7 Å². The summed E-state index contributed by atoms with van der Waals surface area (Å²) in [5, 5.41) is 11.2. The second-order valence-electron chi connectivity index (χ2n) is 7.79. The number of likely N-dealkylation sites (N-methyl/N-ethyl adjacent to an activating group) is 1. The standard InChI is InChI=1S/C25H28N2O5/c1-3-26(4-2)12-13-27-22(17-8-6-5-7-9-17)21(24(29)25(27)30)23(28)18-10-11-19-20(16-18)32-15-14-31-19/h5-11,16,22,28H,3-4,12-15H2,1-2H3. The first-order chi connectivity index (χ1) is 15.5. The predicted octanol–water partition coefficient (Wildman–Crippen LogP) is 3.22. The summed E-state index contributed by atoms with van der Waals surface area (Å²) < 4.78 is 11.2. The van der Waals surface area contributed by atoms with Gasteiger partial charge in [-0.25, -0.2) is 0 Å². The van der Waals surface area contributed by atoms with Crippen LogP contribution in [0.2, 0.25) is 0 Å². The molecule has 7 nitrogen and oxygen atoms in total. The van der Waals surface area contributed by atoms with Crippen LogP contribution in [0.5, 0.6) is 11.5 Å². The normalized spacial score (nSPS) is 19.6. The molecule has 1 N–H and O–H groups in total. The number of aliphatic hydroxyl groups excluding tert-OH is 1. The molecule has 0 aliphatic carbocycles. The van der Waals surface area contributed by atoms with Crippen LogP contribution in [0.3, 0.4) is 0 Å². The first-order valence-corrected chi connectivity index (χ1v) is 11.0. The molecule has 2 heterocycles. The highest BCUT2D eigenvalue weighted by Gasteiger charge is 2.46. The van der Waals surface area contributed by atoms with E-state index in [9.17, 15) is 14.7 Å². The zero-order valence-electron chi connectivity index (χ0n) is 18.4. The van der Waals surface area contributed by atoms with E-state index in [-0.39, 0.29) is 11.3 Å². The zero-order chi connectivity index (χ0) is 22.7. The van der Waals surface area contributed by atoms with Crippen molar-refractivity contribution in [3.05, 3.63) is 65.2 Å². The van der Waals surface area contributed by atoms with Gasteiger partial charge in [0.2, 0.25) is 0 Å². The maximum atomic E-state index is 13.1. The summed E-state index contributed by atoms with van der Waals surface area (Å²) in [5.41, 5.74) is 1.29. The highest BCUT2D eigenvalue weighted by molar-refractivity contribution is 6.46. The highest BCUT2D eigenvalue weighted by atomic mass is 16.6. The van der Waals surface area contributed by atoms with Crippen LogP contribution < -0.4 is 9.47 Å². The molecule has 0 saturated carbocycles. The van der Waals surface area contributed by atoms with Crippen molar-refractivity contribution in [3.63, 3.8) is 0 Å². The highest BCUT2D eigenvalue weighted by Crippen LogP contribution is 2.40. The molecule has 0 aromatic heterocycles. The molecule has 1 atom stereocenters. The molecule has 1 unspecified atom stereocenters. The lowest BCUT2D eigenvalue weighted by Crippen LogP contribution is -2.38. The first-order valence-electron chi connectivity index (χ1n) is 11.0. The van der Waals surface area contributed by atoms with Gasteiger partial charge in [-0.15, -0.1) is 0 Å². The van der Waals surface area contributed by atoms with Gasteiger partial charge in [0, 0.05) is 18.7 Å². The number of carbonyl (C=O) groups excluding carboxylic acids is 2. The summed E-state index contributed by atoms with van der Waals surface area (Å²) in [4.78, 5) is 29.9. The molecular weight excluding hydrogens is 408 g/mol. The average molecular weight is 437 g/mol. The van der Waals surface area contributed by atoms with E-state index in [1.807, 2.05) is 30.3 Å². The number of aliphatic hydroxyl groups is 1. The van der Waals surface area contributed by atoms with Crippen molar-refractivity contribution in [3.8, 4) is 11.5 Å². The predicted molar refractivity (Wildman–Crippen MR) is 121 cm³/mol. The van der Waals surface area contributed by atoms with Crippen molar-refractivity contribution in [2.75, 3.05) is 39.4 Å². The van der Waals surface area contributed by atoms with Crippen LogP contribution in [0.4, 0.5) is 0 Å². The largest absolute Gasteiger partial charge is 0.507 e. The van der Waals surface area contributed by atoms with Crippen LogP contribution in [0.1, 0.15) is 31.0 Å². The molecule has 1 amide bonds. The van der Waals surface area contributed by atoms with Gasteiger partial charge in [-0.2, -0.15) is 0 Å². The monoisotopic (exact) mass is 436 g/mol. The molecule has 2 aliphatic rings. The lowest BCUT2D eigenvalue weighted by atomic mass is 9.95. The molecule has 2 aromatic carbocycles. The molecule has 1 saturated heterocycles. The van der Waals surface area contributed by atoms with Crippen LogP contribution in [0, 0.1) is 0 Å². The Balaban J connectivity index is 1.76. The van der Waals surface area contributed by atoms with E-state index in [0.717, 1.165) is 18.7 Å². The van der Waals surface area contributed by atoms with Crippen molar-refractivity contribution in [2.24, 2.45) is 0 Å². The third kappa shape index (κ3) is 4.08. The summed E-state index contributed by atoms with van der Waals surface area (Å²) in [6.07, 6.45) is 0. The molecule has 2 aliphatic heterocycles. The van der Waals surface area contributed by atoms with Crippen molar-refractivity contribution in [1.29, 1.82) is 0 Å². The lowest BCUT2D eigenvalue weighted by Gasteiger charge is -2.28. The Hall–Kier alpha value is -3.32. The SMILES string of the molecule is CCN(CC)CCN1C(=O)C(=O)C(=C(O)c2ccc3c(c2)OCCO3)C1c1ccccc1. The fourth-order valence-electron chi connectivity index (χ4n) is 4.23. The summed E-state index contributed by atoms with van der Waals surface area (Å²) in [5.74, 6) is -0.380. The number of hydrogen-bond acceptors (Lipinski definition) is 6. The van der Waals surface area contributed by atoms with Gasteiger partial charge in [-0.05, 0) is 36.9 Å². The molecule has 32 heavy (non-hydrogen) atoms. The number of hydrogen-bond donors (Lipinski definition) is 1. The van der Waals surface area contributed by atoms with Gasteiger partial charge in [-0.3, -0.25) is 9.59 Å².